The molecule has 1 aliphatic heterocycles. The summed E-state index contributed by atoms with van der Waals surface area (Å²) in [6, 6.07) is 13.4. The van der Waals surface area contributed by atoms with Crippen LogP contribution < -0.4 is 0 Å². The zero-order valence-electron chi connectivity index (χ0n) is 15.0. The minimum Gasteiger partial charge on any atom is -0.385 e. The number of fused-ring (bicyclic) bond motifs is 2. The summed E-state index contributed by atoms with van der Waals surface area (Å²) in [6.07, 6.45) is 6.26. The minimum absolute atomic E-state index is 0.0627. The molecule has 1 saturated heterocycles. The summed E-state index contributed by atoms with van der Waals surface area (Å²) in [6.45, 7) is 1.25. The molecule has 3 heterocycles. The van der Waals surface area contributed by atoms with Crippen molar-refractivity contribution in [1.82, 2.24) is 19.5 Å². The molecule has 2 aliphatic rings. The van der Waals surface area contributed by atoms with Crippen molar-refractivity contribution in [3.05, 3.63) is 66.1 Å². The zero-order valence-corrected chi connectivity index (χ0v) is 15.0. The van der Waals surface area contributed by atoms with Crippen LogP contribution in [0.5, 0.6) is 0 Å². The lowest BCUT2D eigenvalue weighted by Crippen LogP contribution is -2.42. The Kier molecular flexibility index (Phi) is 3.75. The number of benzene rings is 1. The molecular formula is C21H22N4O2. The lowest BCUT2D eigenvalue weighted by molar-refractivity contribution is -0.0644. The summed E-state index contributed by atoms with van der Waals surface area (Å²) in [7, 11) is 0. The number of likely N-dealkylation sites (tertiary alicyclic amines) is 1. The van der Waals surface area contributed by atoms with Crippen molar-refractivity contribution in [2.75, 3.05) is 13.1 Å². The van der Waals surface area contributed by atoms with Gasteiger partial charge in [-0.1, -0.05) is 30.3 Å². The van der Waals surface area contributed by atoms with Gasteiger partial charge in [-0.2, -0.15) is 5.10 Å². The molecule has 1 amide bonds. The van der Waals surface area contributed by atoms with Gasteiger partial charge in [0.05, 0.1) is 5.60 Å². The Bertz CT molecular complexity index is 953. The van der Waals surface area contributed by atoms with Crippen LogP contribution in [0, 0.1) is 11.8 Å². The van der Waals surface area contributed by atoms with E-state index in [4.69, 9.17) is 0 Å². The van der Waals surface area contributed by atoms with Crippen LogP contribution >= 0.6 is 0 Å². The summed E-state index contributed by atoms with van der Waals surface area (Å²) < 4.78 is 1.62. The van der Waals surface area contributed by atoms with Crippen molar-refractivity contribution in [3.63, 3.8) is 0 Å². The van der Waals surface area contributed by atoms with Gasteiger partial charge in [0.25, 0.3) is 5.91 Å². The van der Waals surface area contributed by atoms with Crippen molar-refractivity contribution in [1.29, 1.82) is 0 Å². The monoisotopic (exact) mass is 362 g/mol. The van der Waals surface area contributed by atoms with Crippen LogP contribution in [0.3, 0.4) is 0 Å². The molecular weight excluding hydrogens is 340 g/mol. The number of rotatable bonds is 2. The molecule has 5 rings (SSSR count). The SMILES string of the molecule is O=C(c1cc2ncccn2n1)N1C[C@@H]2CCC[C@@](O)(c3ccccc3)[C@@H]2C1. The quantitative estimate of drug-likeness (QED) is 0.760. The van der Waals surface area contributed by atoms with Gasteiger partial charge in [0, 0.05) is 37.5 Å². The van der Waals surface area contributed by atoms with Gasteiger partial charge in [0.15, 0.2) is 11.3 Å². The zero-order chi connectivity index (χ0) is 18.4. The van der Waals surface area contributed by atoms with E-state index in [0.29, 0.717) is 30.3 Å². The van der Waals surface area contributed by atoms with Crippen LogP contribution in [0.1, 0.15) is 35.3 Å². The predicted molar refractivity (Wildman–Crippen MR) is 100 cm³/mol. The Morgan fingerprint density at radius 3 is 2.85 bits per heavy atom. The van der Waals surface area contributed by atoms with Gasteiger partial charge < -0.3 is 10.0 Å². The largest absolute Gasteiger partial charge is 0.385 e. The maximum Gasteiger partial charge on any atom is 0.274 e. The van der Waals surface area contributed by atoms with Gasteiger partial charge >= 0.3 is 0 Å². The third-order valence-electron chi connectivity index (χ3n) is 6.20. The Morgan fingerprint density at radius 2 is 2.04 bits per heavy atom. The molecule has 2 aromatic heterocycles. The lowest BCUT2D eigenvalue weighted by atomic mass is 9.67. The number of hydrogen-bond acceptors (Lipinski definition) is 4. The van der Waals surface area contributed by atoms with E-state index >= 15 is 0 Å². The number of nitrogens with zero attached hydrogens (tertiary/aromatic N) is 4. The molecule has 1 aliphatic carbocycles. The van der Waals surface area contributed by atoms with Gasteiger partial charge in [-0.05, 0) is 36.8 Å². The highest BCUT2D eigenvalue weighted by Gasteiger charge is 2.50. The normalized spacial score (nSPS) is 27.7. The van der Waals surface area contributed by atoms with Gasteiger partial charge in [-0.15, -0.1) is 0 Å². The summed E-state index contributed by atoms with van der Waals surface area (Å²) in [5.41, 5.74) is 1.18. The van der Waals surface area contributed by atoms with E-state index in [0.717, 1.165) is 24.8 Å². The number of aliphatic hydroxyl groups is 1. The van der Waals surface area contributed by atoms with Crippen LogP contribution in [0.25, 0.3) is 5.65 Å². The predicted octanol–water partition coefficient (Wildman–Crippen LogP) is 2.49. The van der Waals surface area contributed by atoms with Gasteiger partial charge in [-0.3, -0.25) is 4.79 Å². The fourth-order valence-corrected chi connectivity index (χ4v) is 4.87. The minimum atomic E-state index is -0.861. The molecule has 1 aromatic carbocycles. The Labute approximate surface area is 157 Å². The summed E-state index contributed by atoms with van der Waals surface area (Å²) in [5, 5.41) is 15.9. The number of carbonyl (C=O) groups excluding carboxylic acids is 1. The summed E-state index contributed by atoms with van der Waals surface area (Å²) in [4.78, 5) is 19.1. The van der Waals surface area contributed by atoms with Crippen molar-refractivity contribution in [2.24, 2.45) is 11.8 Å². The van der Waals surface area contributed by atoms with Crippen molar-refractivity contribution >= 4 is 11.6 Å². The van der Waals surface area contributed by atoms with E-state index in [1.165, 1.54) is 0 Å². The average Bonchev–Trinajstić information content (AvgIpc) is 3.33. The first-order valence-corrected chi connectivity index (χ1v) is 9.53. The molecule has 3 aromatic rings. The van der Waals surface area contributed by atoms with E-state index in [1.54, 1.807) is 29.0 Å². The molecule has 1 saturated carbocycles. The van der Waals surface area contributed by atoms with E-state index in [9.17, 15) is 9.90 Å². The molecule has 0 unspecified atom stereocenters. The van der Waals surface area contributed by atoms with E-state index in [1.807, 2.05) is 35.2 Å². The topological polar surface area (TPSA) is 70.7 Å². The standard InChI is InChI=1S/C21H22N4O2/c26-20(18-12-19-22-10-5-11-25(19)23-18)24-13-15-6-4-9-21(27,17(15)14-24)16-7-2-1-3-8-16/h1-3,5,7-8,10-12,15,17,27H,4,6,9,13-14H2/t15-,17+,21+/m0/s1. The molecule has 6 heteroatoms. The van der Waals surface area contributed by atoms with E-state index in [2.05, 4.69) is 10.1 Å². The van der Waals surface area contributed by atoms with Crippen molar-refractivity contribution in [3.8, 4) is 0 Å². The first-order valence-electron chi connectivity index (χ1n) is 9.53. The van der Waals surface area contributed by atoms with Crippen LogP contribution in [0.15, 0.2) is 54.9 Å². The Morgan fingerprint density at radius 1 is 1.19 bits per heavy atom. The molecule has 2 fully saturated rings. The molecule has 0 spiro atoms. The van der Waals surface area contributed by atoms with E-state index < -0.39 is 5.60 Å². The highest BCUT2D eigenvalue weighted by Crippen LogP contribution is 2.48. The molecule has 0 radical (unpaired) electrons. The highest BCUT2D eigenvalue weighted by atomic mass is 16.3. The fraction of sp³-hybridized carbons (Fsp3) is 0.381. The number of hydrogen-bond donors (Lipinski definition) is 1. The van der Waals surface area contributed by atoms with Crippen LogP contribution in [-0.2, 0) is 5.60 Å². The first kappa shape index (κ1) is 16.4. The fourth-order valence-electron chi connectivity index (χ4n) is 4.87. The van der Waals surface area contributed by atoms with Crippen LogP contribution in [0.4, 0.5) is 0 Å². The Balaban J connectivity index is 1.43. The molecule has 6 nitrogen and oxygen atoms in total. The second-order valence-corrected chi connectivity index (χ2v) is 7.71. The number of carbonyl (C=O) groups is 1. The second-order valence-electron chi connectivity index (χ2n) is 7.71. The van der Waals surface area contributed by atoms with Gasteiger partial charge in [-0.25, -0.2) is 9.50 Å². The third kappa shape index (κ3) is 2.63. The number of amides is 1. The van der Waals surface area contributed by atoms with Crippen LogP contribution in [-0.4, -0.2) is 43.6 Å². The first-order chi connectivity index (χ1) is 13.1. The second kappa shape index (κ2) is 6.16. The third-order valence-corrected chi connectivity index (χ3v) is 6.20. The number of aromatic nitrogens is 3. The highest BCUT2D eigenvalue weighted by molar-refractivity contribution is 5.93. The maximum atomic E-state index is 13.0. The lowest BCUT2D eigenvalue weighted by Gasteiger charge is -2.41. The van der Waals surface area contributed by atoms with Gasteiger partial charge in [0.2, 0.25) is 0 Å². The van der Waals surface area contributed by atoms with Crippen molar-refractivity contribution < 1.29 is 9.90 Å². The van der Waals surface area contributed by atoms with Gasteiger partial charge in [0.1, 0.15) is 0 Å². The molecule has 27 heavy (non-hydrogen) atoms. The summed E-state index contributed by atoms with van der Waals surface area (Å²) >= 11 is 0. The summed E-state index contributed by atoms with van der Waals surface area (Å²) in [5.74, 6) is 0.307. The average molecular weight is 362 g/mol. The molecule has 1 N–H and O–H groups in total. The van der Waals surface area contributed by atoms with Crippen LogP contribution in [0.2, 0.25) is 0 Å². The maximum absolute atomic E-state index is 13.0. The van der Waals surface area contributed by atoms with Crippen molar-refractivity contribution in [2.45, 2.75) is 24.9 Å². The van der Waals surface area contributed by atoms with E-state index in [-0.39, 0.29) is 11.8 Å². The molecule has 0 bridgehead atoms. The molecule has 3 atom stereocenters. The smallest absolute Gasteiger partial charge is 0.274 e. The Hall–Kier alpha value is -2.73. The molecule has 138 valence electrons.